The average Bonchev–Trinajstić information content (AvgIpc) is 3.40. The first kappa shape index (κ1) is 27.1. The van der Waals surface area contributed by atoms with Crippen LogP contribution in [0.2, 0.25) is 0 Å². The maximum Gasteiger partial charge on any atom is 0.330 e. The van der Waals surface area contributed by atoms with Crippen molar-refractivity contribution in [1.82, 2.24) is 0 Å². The van der Waals surface area contributed by atoms with Crippen molar-refractivity contribution in [3.05, 3.63) is 102 Å². The third-order valence-corrected chi connectivity index (χ3v) is 7.68. The zero-order chi connectivity index (χ0) is 28.3. The van der Waals surface area contributed by atoms with Gasteiger partial charge < -0.3 is 19.1 Å². The highest BCUT2D eigenvalue weighted by molar-refractivity contribution is 6.08. The van der Waals surface area contributed by atoms with E-state index in [1.807, 2.05) is 42.5 Å². The molecule has 8 heteroatoms. The molecule has 2 heterocycles. The second-order valence-corrected chi connectivity index (χ2v) is 9.80. The van der Waals surface area contributed by atoms with Crippen LogP contribution in [0, 0.1) is 22.7 Å². The fraction of sp³-hybridized carbons (Fsp3) is 0.312. The number of carbonyl (C=O) groups is 3. The molecule has 5 rings (SSSR count). The molecule has 1 amide bonds. The van der Waals surface area contributed by atoms with Crippen LogP contribution in [-0.4, -0.2) is 31.1 Å². The summed E-state index contributed by atoms with van der Waals surface area (Å²) in [6.07, 6.45) is -1.59. The largest absolute Gasteiger partial charge is 0.466 e. The molecule has 0 unspecified atom stereocenters. The summed E-state index contributed by atoms with van der Waals surface area (Å²) in [6.45, 7) is 3.66. The van der Waals surface area contributed by atoms with E-state index in [-0.39, 0.29) is 19.8 Å². The number of para-hydroxylation sites is 1. The second-order valence-electron chi connectivity index (χ2n) is 9.80. The van der Waals surface area contributed by atoms with Gasteiger partial charge in [-0.15, -0.1) is 0 Å². The first-order chi connectivity index (χ1) is 19.4. The van der Waals surface area contributed by atoms with E-state index in [0.717, 1.165) is 5.56 Å². The molecule has 1 spiro atoms. The minimum atomic E-state index is -2.02. The van der Waals surface area contributed by atoms with Crippen LogP contribution in [0.15, 0.2) is 84.9 Å². The van der Waals surface area contributed by atoms with Crippen molar-refractivity contribution in [2.24, 2.45) is 11.3 Å². The van der Waals surface area contributed by atoms with Crippen LogP contribution in [0.4, 0.5) is 5.69 Å². The lowest BCUT2D eigenvalue weighted by Gasteiger charge is -2.33. The number of fused-ring (bicyclic) bond motifs is 2. The zero-order valence-corrected chi connectivity index (χ0v) is 22.4. The topological polar surface area (TPSA) is 106 Å². The Hall–Kier alpha value is -4.48. The van der Waals surface area contributed by atoms with Gasteiger partial charge in [0.25, 0.3) is 5.91 Å². The normalized spacial score (nSPS) is 24.9. The highest BCUT2D eigenvalue weighted by atomic mass is 16.6. The lowest BCUT2D eigenvalue weighted by molar-refractivity contribution is -0.157. The van der Waals surface area contributed by atoms with E-state index in [9.17, 15) is 19.6 Å². The molecule has 0 aromatic heterocycles. The number of carbonyl (C=O) groups excluding carboxylic acids is 3. The number of hydrogen-bond donors (Lipinski definition) is 0. The van der Waals surface area contributed by atoms with Gasteiger partial charge in [-0.05, 0) is 31.0 Å². The fourth-order valence-corrected chi connectivity index (χ4v) is 6.02. The molecule has 0 aliphatic carbocycles. The molecule has 3 aromatic carbocycles. The molecule has 2 aliphatic heterocycles. The molecule has 4 atom stereocenters. The summed E-state index contributed by atoms with van der Waals surface area (Å²) in [4.78, 5) is 43.2. The maximum atomic E-state index is 14.7. The summed E-state index contributed by atoms with van der Waals surface area (Å²) in [7, 11) is 0. The van der Waals surface area contributed by atoms with Crippen LogP contribution in [0.5, 0.6) is 0 Å². The average molecular weight is 539 g/mol. The molecule has 0 N–H and O–H groups in total. The predicted molar refractivity (Wildman–Crippen MR) is 145 cm³/mol. The van der Waals surface area contributed by atoms with E-state index < -0.39 is 47.3 Å². The number of anilines is 1. The number of nitrogens with zero attached hydrogens (tertiary/aromatic N) is 2. The number of amides is 1. The molecule has 2 aliphatic rings. The fourth-order valence-electron chi connectivity index (χ4n) is 6.02. The molecule has 8 nitrogen and oxygen atoms in total. The third-order valence-electron chi connectivity index (χ3n) is 7.68. The van der Waals surface area contributed by atoms with Crippen molar-refractivity contribution in [2.45, 2.75) is 38.5 Å². The highest BCUT2D eigenvalue weighted by Crippen LogP contribution is 2.65. The number of nitriles is 1. The Kier molecular flexibility index (Phi) is 7.42. The minimum absolute atomic E-state index is 0.00750. The van der Waals surface area contributed by atoms with E-state index >= 15 is 0 Å². The van der Waals surface area contributed by atoms with Crippen LogP contribution >= 0.6 is 0 Å². The molecule has 204 valence electrons. The first-order valence-electron chi connectivity index (χ1n) is 13.4. The molecular formula is C32H30N2O6. The van der Waals surface area contributed by atoms with Crippen molar-refractivity contribution < 1.29 is 28.6 Å². The summed E-state index contributed by atoms with van der Waals surface area (Å²) in [5.74, 6) is -3.17. The summed E-state index contributed by atoms with van der Waals surface area (Å²) in [6, 6.07) is 27.7. The van der Waals surface area contributed by atoms with Gasteiger partial charge in [-0.25, -0.2) is 0 Å². The molecular weight excluding hydrogens is 508 g/mol. The van der Waals surface area contributed by atoms with Crippen molar-refractivity contribution in [3.63, 3.8) is 0 Å². The van der Waals surface area contributed by atoms with Gasteiger partial charge in [0.2, 0.25) is 0 Å². The number of rotatable bonds is 8. The Labute approximate surface area is 233 Å². The van der Waals surface area contributed by atoms with Gasteiger partial charge in [-0.1, -0.05) is 78.9 Å². The summed E-state index contributed by atoms with van der Waals surface area (Å²) in [5, 5.41) is 10.8. The molecule has 0 radical (unpaired) electrons. The summed E-state index contributed by atoms with van der Waals surface area (Å²) < 4.78 is 17.5. The van der Waals surface area contributed by atoms with Gasteiger partial charge in [-0.3, -0.25) is 14.4 Å². The molecule has 40 heavy (non-hydrogen) atoms. The first-order valence-corrected chi connectivity index (χ1v) is 13.4. The smallest absolute Gasteiger partial charge is 0.330 e. The van der Waals surface area contributed by atoms with Gasteiger partial charge >= 0.3 is 11.9 Å². The van der Waals surface area contributed by atoms with Crippen molar-refractivity contribution in [1.29, 1.82) is 5.26 Å². The van der Waals surface area contributed by atoms with Crippen LogP contribution in [0.1, 0.15) is 43.1 Å². The zero-order valence-electron chi connectivity index (χ0n) is 22.4. The van der Waals surface area contributed by atoms with Gasteiger partial charge in [0.1, 0.15) is 6.10 Å². The lowest BCUT2D eigenvalue weighted by atomic mass is 9.64. The van der Waals surface area contributed by atoms with Crippen LogP contribution in [0.25, 0.3) is 0 Å². The van der Waals surface area contributed by atoms with Gasteiger partial charge in [0.15, 0.2) is 11.0 Å². The van der Waals surface area contributed by atoms with E-state index in [1.165, 1.54) is 0 Å². The van der Waals surface area contributed by atoms with Crippen molar-refractivity contribution >= 4 is 23.5 Å². The number of benzene rings is 3. The van der Waals surface area contributed by atoms with E-state index in [2.05, 4.69) is 6.07 Å². The third kappa shape index (κ3) is 4.14. The van der Waals surface area contributed by atoms with Crippen LogP contribution in [0.3, 0.4) is 0 Å². The Morgan fingerprint density at radius 1 is 0.925 bits per heavy atom. The van der Waals surface area contributed by atoms with E-state index in [0.29, 0.717) is 16.8 Å². The summed E-state index contributed by atoms with van der Waals surface area (Å²) >= 11 is 0. The maximum absolute atomic E-state index is 14.7. The summed E-state index contributed by atoms with van der Waals surface area (Å²) in [5.41, 5.74) is -1.34. The molecule has 0 saturated carbocycles. The minimum Gasteiger partial charge on any atom is -0.466 e. The van der Waals surface area contributed by atoms with Crippen LogP contribution < -0.4 is 4.90 Å². The highest BCUT2D eigenvalue weighted by Gasteiger charge is 2.75. The second kappa shape index (κ2) is 10.9. The predicted octanol–water partition coefficient (Wildman–Crippen LogP) is 4.84. The van der Waals surface area contributed by atoms with E-state index in [1.54, 1.807) is 61.2 Å². The standard InChI is InChI=1S/C32H30N2O6/c1-3-38-27(35)19-26-31(21-33,30(37)39-4-2)28(23-15-9-6-10-16-23)40-32(26)24-17-11-12-18-25(24)34(29(32)36)20-22-13-7-5-8-14-22/h5-18,26,28H,3-4,19-20H2,1-2H3/t26-,28+,31-,32-/m0/s1. The van der Waals surface area contributed by atoms with Gasteiger partial charge in [0, 0.05) is 11.5 Å². The Morgan fingerprint density at radius 2 is 1.55 bits per heavy atom. The Bertz CT molecular complexity index is 1450. The monoisotopic (exact) mass is 538 g/mol. The molecule has 0 bridgehead atoms. The number of esters is 2. The van der Waals surface area contributed by atoms with Crippen molar-refractivity contribution in [3.8, 4) is 6.07 Å². The van der Waals surface area contributed by atoms with Crippen molar-refractivity contribution in [2.75, 3.05) is 18.1 Å². The molecule has 1 fully saturated rings. The number of hydrogen-bond acceptors (Lipinski definition) is 7. The molecule has 3 aromatic rings. The Morgan fingerprint density at radius 3 is 2.20 bits per heavy atom. The van der Waals surface area contributed by atoms with Gasteiger partial charge in [-0.2, -0.15) is 5.26 Å². The number of ether oxygens (including phenoxy) is 3. The Balaban J connectivity index is 1.76. The molecule has 1 saturated heterocycles. The quantitative estimate of drug-likeness (QED) is 0.378. The van der Waals surface area contributed by atoms with Crippen LogP contribution in [-0.2, 0) is 40.7 Å². The lowest BCUT2D eigenvalue weighted by Crippen LogP contribution is -2.50. The van der Waals surface area contributed by atoms with Gasteiger partial charge in [0.05, 0.1) is 37.9 Å². The van der Waals surface area contributed by atoms with E-state index in [4.69, 9.17) is 14.2 Å². The SMILES string of the molecule is CCOC(=O)C[C@H]1[C@](C#N)(C(=O)OCC)[C@@H](c2ccccc2)O[C@]12C(=O)N(Cc1ccccc1)c1ccccc12.